The summed E-state index contributed by atoms with van der Waals surface area (Å²) in [5, 5.41) is 5.40. The number of Topliss-reactive ketones (excluding diaryl/α,β-unsaturated/α-hetero) is 1. The summed E-state index contributed by atoms with van der Waals surface area (Å²) < 4.78 is 0. The van der Waals surface area contributed by atoms with Crippen molar-refractivity contribution in [3.8, 4) is 0 Å². The normalized spacial score (nSPS) is 20.5. The number of carbonyl (C=O) groups is 1. The molecule has 0 radical (unpaired) electrons. The Morgan fingerprint density at radius 3 is 2.73 bits per heavy atom. The third-order valence-corrected chi connectivity index (χ3v) is 4.44. The van der Waals surface area contributed by atoms with Gasteiger partial charge in [0.2, 0.25) is 0 Å². The van der Waals surface area contributed by atoms with Crippen LogP contribution in [0.4, 0.5) is 0 Å². The van der Waals surface area contributed by atoms with Crippen LogP contribution in [0.5, 0.6) is 0 Å². The third-order valence-electron chi connectivity index (χ3n) is 3.32. The van der Waals surface area contributed by atoms with Crippen LogP contribution in [0.15, 0.2) is 17.5 Å². The van der Waals surface area contributed by atoms with Crippen molar-refractivity contribution in [3.05, 3.63) is 22.4 Å². The molecule has 1 aromatic rings. The lowest BCUT2D eigenvalue weighted by molar-refractivity contribution is -0.121. The second kappa shape index (κ2) is 4.45. The predicted molar refractivity (Wildman–Crippen MR) is 63.4 cm³/mol. The summed E-state index contributed by atoms with van der Waals surface area (Å²) in [6.07, 6.45) is 3.51. The molecule has 2 rings (SSSR count). The van der Waals surface area contributed by atoms with Crippen molar-refractivity contribution in [2.45, 2.75) is 31.1 Å². The average molecular weight is 223 g/mol. The zero-order valence-electron chi connectivity index (χ0n) is 9.08. The zero-order valence-corrected chi connectivity index (χ0v) is 9.90. The van der Waals surface area contributed by atoms with E-state index in [9.17, 15) is 4.79 Å². The predicted octanol–water partition coefficient (Wildman–Crippen LogP) is 2.35. The van der Waals surface area contributed by atoms with Gasteiger partial charge in [0.05, 0.1) is 0 Å². The summed E-state index contributed by atoms with van der Waals surface area (Å²) in [5.41, 5.74) is 0.219. The number of likely N-dealkylation sites (N-methyl/N-ethyl adjacent to an activating group) is 1. The van der Waals surface area contributed by atoms with Crippen LogP contribution in [0, 0.1) is 0 Å². The third kappa shape index (κ3) is 2.13. The minimum absolute atomic E-state index is 0.219. The van der Waals surface area contributed by atoms with E-state index in [0.29, 0.717) is 5.78 Å². The van der Waals surface area contributed by atoms with Gasteiger partial charge in [0.1, 0.15) is 5.78 Å². The fourth-order valence-electron chi connectivity index (χ4n) is 2.44. The van der Waals surface area contributed by atoms with Crippen molar-refractivity contribution in [2.75, 3.05) is 13.6 Å². The summed E-state index contributed by atoms with van der Waals surface area (Å²) in [4.78, 5) is 12.7. The Bertz CT molecular complexity index is 321. The maximum Gasteiger partial charge on any atom is 0.132 e. The monoisotopic (exact) mass is 223 g/mol. The Morgan fingerprint density at radius 1 is 1.47 bits per heavy atom. The first kappa shape index (κ1) is 10.8. The van der Waals surface area contributed by atoms with E-state index in [1.165, 1.54) is 4.88 Å². The first-order chi connectivity index (χ1) is 7.27. The molecule has 0 bridgehead atoms. The SMILES string of the molecule is CNCC1(c2cccs2)CCC(=O)CC1. The molecular formula is C12H17NOS. The van der Waals surface area contributed by atoms with Crippen LogP contribution in [-0.2, 0) is 10.2 Å². The highest BCUT2D eigenvalue weighted by molar-refractivity contribution is 7.10. The van der Waals surface area contributed by atoms with Gasteiger partial charge >= 0.3 is 0 Å². The molecule has 0 atom stereocenters. The van der Waals surface area contributed by atoms with Crippen LogP contribution < -0.4 is 5.32 Å². The molecule has 82 valence electrons. The number of thiophene rings is 1. The standard InChI is InChI=1S/C12H17NOS/c1-13-9-12(11-3-2-8-15-11)6-4-10(14)5-7-12/h2-3,8,13H,4-7,9H2,1H3. The smallest absolute Gasteiger partial charge is 0.132 e. The van der Waals surface area contributed by atoms with Crippen molar-refractivity contribution in [2.24, 2.45) is 0 Å². The lowest BCUT2D eigenvalue weighted by Crippen LogP contribution is -2.39. The van der Waals surface area contributed by atoms with Crippen LogP contribution in [0.2, 0.25) is 0 Å². The maximum absolute atomic E-state index is 11.3. The summed E-state index contributed by atoms with van der Waals surface area (Å²) in [6, 6.07) is 4.31. The minimum Gasteiger partial charge on any atom is -0.319 e. The van der Waals surface area contributed by atoms with Gasteiger partial charge in [-0.1, -0.05) is 6.07 Å². The van der Waals surface area contributed by atoms with Crippen molar-refractivity contribution in [1.29, 1.82) is 0 Å². The summed E-state index contributed by atoms with van der Waals surface area (Å²) >= 11 is 1.82. The molecule has 0 unspecified atom stereocenters. The van der Waals surface area contributed by atoms with E-state index in [4.69, 9.17) is 0 Å². The minimum atomic E-state index is 0.219. The van der Waals surface area contributed by atoms with E-state index < -0.39 is 0 Å². The van der Waals surface area contributed by atoms with Crippen LogP contribution in [0.25, 0.3) is 0 Å². The second-order valence-corrected chi connectivity index (χ2v) is 5.27. The van der Waals surface area contributed by atoms with Crippen LogP contribution in [0.3, 0.4) is 0 Å². The highest BCUT2D eigenvalue weighted by atomic mass is 32.1. The Kier molecular flexibility index (Phi) is 3.22. The molecule has 0 aromatic carbocycles. The second-order valence-electron chi connectivity index (χ2n) is 4.33. The highest BCUT2D eigenvalue weighted by Crippen LogP contribution is 2.39. The van der Waals surface area contributed by atoms with E-state index in [-0.39, 0.29) is 5.41 Å². The van der Waals surface area contributed by atoms with Gasteiger partial charge in [0, 0.05) is 29.7 Å². The maximum atomic E-state index is 11.3. The molecule has 0 spiro atoms. The molecule has 0 amide bonds. The van der Waals surface area contributed by atoms with E-state index in [2.05, 4.69) is 22.8 Å². The Balaban J connectivity index is 2.21. The van der Waals surface area contributed by atoms with Gasteiger partial charge < -0.3 is 5.32 Å². The van der Waals surface area contributed by atoms with Gasteiger partial charge in [-0.05, 0) is 31.3 Å². The van der Waals surface area contributed by atoms with Gasteiger partial charge in [-0.25, -0.2) is 0 Å². The largest absolute Gasteiger partial charge is 0.319 e. The highest BCUT2D eigenvalue weighted by Gasteiger charge is 2.36. The van der Waals surface area contributed by atoms with Crippen LogP contribution in [-0.4, -0.2) is 19.4 Å². The quantitative estimate of drug-likeness (QED) is 0.852. The van der Waals surface area contributed by atoms with Gasteiger partial charge in [0.15, 0.2) is 0 Å². The summed E-state index contributed by atoms with van der Waals surface area (Å²) in [7, 11) is 1.99. The number of carbonyl (C=O) groups excluding carboxylic acids is 1. The lowest BCUT2D eigenvalue weighted by atomic mass is 9.72. The number of rotatable bonds is 3. The number of nitrogens with one attached hydrogen (secondary N) is 1. The van der Waals surface area contributed by atoms with Crippen LogP contribution >= 0.6 is 11.3 Å². The Hall–Kier alpha value is -0.670. The topological polar surface area (TPSA) is 29.1 Å². The van der Waals surface area contributed by atoms with Gasteiger partial charge in [-0.2, -0.15) is 0 Å². The molecule has 2 nitrogen and oxygen atoms in total. The zero-order chi connectivity index (χ0) is 10.7. The van der Waals surface area contributed by atoms with E-state index in [1.54, 1.807) is 0 Å². The molecule has 0 aliphatic heterocycles. The van der Waals surface area contributed by atoms with Crippen molar-refractivity contribution >= 4 is 17.1 Å². The molecular weight excluding hydrogens is 206 g/mol. The van der Waals surface area contributed by atoms with Crippen molar-refractivity contribution < 1.29 is 4.79 Å². The molecule has 1 heterocycles. The fourth-order valence-corrected chi connectivity index (χ4v) is 3.42. The van der Waals surface area contributed by atoms with Crippen molar-refractivity contribution in [3.63, 3.8) is 0 Å². The summed E-state index contributed by atoms with van der Waals surface area (Å²) in [5.74, 6) is 0.429. The van der Waals surface area contributed by atoms with Crippen molar-refractivity contribution in [1.82, 2.24) is 5.32 Å². The number of hydrogen-bond acceptors (Lipinski definition) is 3. The molecule has 1 aliphatic carbocycles. The van der Waals surface area contributed by atoms with E-state index >= 15 is 0 Å². The average Bonchev–Trinajstić information content (AvgIpc) is 2.76. The van der Waals surface area contributed by atoms with Gasteiger partial charge in [-0.15, -0.1) is 11.3 Å². The van der Waals surface area contributed by atoms with E-state index in [1.807, 2.05) is 18.4 Å². The molecule has 1 saturated carbocycles. The first-order valence-electron chi connectivity index (χ1n) is 5.47. The Morgan fingerprint density at radius 2 is 2.20 bits per heavy atom. The molecule has 0 saturated heterocycles. The van der Waals surface area contributed by atoms with Gasteiger partial charge in [0.25, 0.3) is 0 Å². The van der Waals surface area contributed by atoms with Crippen LogP contribution in [0.1, 0.15) is 30.6 Å². The summed E-state index contributed by atoms with van der Waals surface area (Å²) in [6.45, 7) is 0.987. The first-order valence-corrected chi connectivity index (χ1v) is 6.35. The number of ketones is 1. The molecule has 15 heavy (non-hydrogen) atoms. The fraction of sp³-hybridized carbons (Fsp3) is 0.583. The lowest BCUT2D eigenvalue weighted by Gasteiger charge is -2.36. The molecule has 1 aromatic heterocycles. The molecule has 1 fully saturated rings. The van der Waals surface area contributed by atoms with E-state index in [0.717, 1.165) is 32.2 Å². The number of hydrogen-bond donors (Lipinski definition) is 1. The molecule has 1 N–H and O–H groups in total. The Labute approximate surface area is 94.7 Å². The van der Waals surface area contributed by atoms with Gasteiger partial charge in [-0.3, -0.25) is 4.79 Å². The molecule has 3 heteroatoms. The molecule has 1 aliphatic rings.